The van der Waals surface area contributed by atoms with Crippen LogP contribution in [0.5, 0.6) is 0 Å². The zero-order chi connectivity index (χ0) is 14.9. The van der Waals surface area contributed by atoms with Crippen molar-refractivity contribution in [2.45, 2.75) is 27.2 Å². The van der Waals surface area contributed by atoms with E-state index in [0.717, 1.165) is 22.6 Å². The van der Waals surface area contributed by atoms with E-state index in [9.17, 15) is 4.79 Å². The molecule has 0 amide bonds. The molecule has 0 aliphatic carbocycles. The Morgan fingerprint density at radius 3 is 2.40 bits per heavy atom. The van der Waals surface area contributed by atoms with E-state index in [1.807, 2.05) is 25.5 Å². The fraction of sp³-hybridized carbons (Fsp3) is 0.429. The van der Waals surface area contributed by atoms with E-state index in [0.29, 0.717) is 12.2 Å². The summed E-state index contributed by atoms with van der Waals surface area (Å²) in [5.41, 5.74) is 3.39. The van der Waals surface area contributed by atoms with E-state index < -0.39 is 11.9 Å². The molecule has 20 heavy (non-hydrogen) atoms. The van der Waals surface area contributed by atoms with Crippen LogP contribution in [0.4, 0.5) is 0 Å². The van der Waals surface area contributed by atoms with Crippen LogP contribution in [-0.2, 0) is 18.3 Å². The predicted octanol–water partition coefficient (Wildman–Crippen LogP) is 1.76. The molecule has 2 rings (SSSR count). The van der Waals surface area contributed by atoms with Crippen molar-refractivity contribution in [3.8, 4) is 11.5 Å². The maximum absolute atomic E-state index is 11.0. The number of carboxylic acids is 1. The van der Waals surface area contributed by atoms with E-state index >= 15 is 0 Å². The van der Waals surface area contributed by atoms with Crippen LogP contribution in [0.2, 0.25) is 0 Å². The van der Waals surface area contributed by atoms with Crippen LogP contribution in [0.3, 0.4) is 0 Å². The molecule has 2 heterocycles. The summed E-state index contributed by atoms with van der Waals surface area (Å²) < 4.78 is 1.85. The molecule has 0 aliphatic heterocycles. The Morgan fingerprint density at radius 1 is 1.35 bits per heavy atom. The molecule has 6 heteroatoms. The summed E-state index contributed by atoms with van der Waals surface area (Å²) in [5.74, 6) is -0.634. The van der Waals surface area contributed by atoms with E-state index in [1.54, 1.807) is 19.4 Å². The van der Waals surface area contributed by atoms with Crippen molar-refractivity contribution < 1.29 is 9.90 Å². The molecule has 106 valence electrons. The number of carboxylic acid groups (broad SMARTS) is 1. The van der Waals surface area contributed by atoms with Crippen LogP contribution in [-0.4, -0.2) is 30.6 Å². The summed E-state index contributed by atoms with van der Waals surface area (Å²) in [6.45, 7) is 5.47. The van der Waals surface area contributed by atoms with Gasteiger partial charge in [-0.15, -0.1) is 0 Å². The highest BCUT2D eigenvalue weighted by atomic mass is 16.4. The monoisotopic (exact) mass is 274 g/mol. The van der Waals surface area contributed by atoms with Crippen LogP contribution in [0.25, 0.3) is 11.5 Å². The molecule has 6 nitrogen and oxygen atoms in total. The van der Waals surface area contributed by atoms with Crippen LogP contribution < -0.4 is 0 Å². The number of nitrogens with zero attached hydrogens (tertiary/aromatic N) is 4. The standard InChI is InChI=1S/C14H18N4O2/c1-8(14(19)20)5-11-9(2)16-13(17-10(11)3)12-6-15-7-18(12)4/h6-8H,5H2,1-4H3,(H,19,20). The van der Waals surface area contributed by atoms with Crippen molar-refractivity contribution in [3.63, 3.8) is 0 Å². The minimum absolute atomic E-state index is 0.443. The van der Waals surface area contributed by atoms with E-state index in [4.69, 9.17) is 5.11 Å². The summed E-state index contributed by atoms with van der Waals surface area (Å²) in [6, 6.07) is 0. The van der Waals surface area contributed by atoms with Gasteiger partial charge in [-0.1, -0.05) is 6.92 Å². The normalized spacial score (nSPS) is 12.4. The van der Waals surface area contributed by atoms with Gasteiger partial charge in [-0.25, -0.2) is 15.0 Å². The first-order valence-electron chi connectivity index (χ1n) is 6.43. The lowest BCUT2D eigenvalue weighted by atomic mass is 9.99. The van der Waals surface area contributed by atoms with Crippen LogP contribution >= 0.6 is 0 Å². The number of hydrogen-bond donors (Lipinski definition) is 1. The van der Waals surface area contributed by atoms with Crippen LogP contribution in [0.15, 0.2) is 12.5 Å². The van der Waals surface area contributed by atoms with Crippen LogP contribution in [0.1, 0.15) is 23.9 Å². The minimum Gasteiger partial charge on any atom is -0.481 e. The zero-order valence-corrected chi connectivity index (χ0v) is 12.1. The van der Waals surface area contributed by atoms with Crippen molar-refractivity contribution in [2.75, 3.05) is 0 Å². The number of imidazole rings is 1. The molecule has 0 aromatic carbocycles. The van der Waals surface area contributed by atoms with E-state index in [1.165, 1.54) is 0 Å². The number of aromatic nitrogens is 4. The van der Waals surface area contributed by atoms with Gasteiger partial charge in [0.2, 0.25) is 0 Å². The van der Waals surface area contributed by atoms with Crippen molar-refractivity contribution >= 4 is 5.97 Å². The molecule has 0 saturated carbocycles. The first-order valence-corrected chi connectivity index (χ1v) is 6.43. The first-order chi connectivity index (χ1) is 9.40. The fourth-order valence-corrected chi connectivity index (χ4v) is 2.12. The molecule has 0 saturated heterocycles. The Hall–Kier alpha value is -2.24. The highest BCUT2D eigenvalue weighted by Crippen LogP contribution is 2.20. The average molecular weight is 274 g/mol. The Kier molecular flexibility index (Phi) is 3.83. The number of rotatable bonds is 4. The van der Waals surface area contributed by atoms with Gasteiger partial charge in [0.15, 0.2) is 5.82 Å². The molecule has 1 unspecified atom stereocenters. The van der Waals surface area contributed by atoms with Crippen molar-refractivity contribution in [2.24, 2.45) is 13.0 Å². The van der Waals surface area contributed by atoms with Gasteiger partial charge >= 0.3 is 5.97 Å². The number of carbonyl (C=O) groups is 1. The Morgan fingerprint density at radius 2 is 1.95 bits per heavy atom. The van der Waals surface area contributed by atoms with E-state index in [2.05, 4.69) is 15.0 Å². The third kappa shape index (κ3) is 2.68. The SMILES string of the molecule is Cc1nc(-c2cncn2C)nc(C)c1CC(C)C(=O)O. The minimum atomic E-state index is -0.806. The zero-order valence-electron chi connectivity index (χ0n) is 12.1. The molecule has 0 spiro atoms. The molecule has 0 fully saturated rings. The molecule has 0 aliphatic rings. The lowest BCUT2D eigenvalue weighted by Crippen LogP contribution is -2.15. The van der Waals surface area contributed by atoms with Gasteiger partial charge in [0.05, 0.1) is 18.4 Å². The molecule has 1 N–H and O–H groups in total. The summed E-state index contributed by atoms with van der Waals surface area (Å²) in [5, 5.41) is 9.01. The van der Waals surface area contributed by atoms with Gasteiger partial charge in [0.1, 0.15) is 5.69 Å². The quantitative estimate of drug-likeness (QED) is 0.918. The third-order valence-corrected chi connectivity index (χ3v) is 3.40. The van der Waals surface area contributed by atoms with E-state index in [-0.39, 0.29) is 0 Å². The summed E-state index contributed by atoms with van der Waals surface area (Å²) in [4.78, 5) is 24.0. The second kappa shape index (κ2) is 5.40. The molecule has 1 atom stereocenters. The Balaban J connectivity index is 2.39. The molecule has 0 bridgehead atoms. The maximum atomic E-state index is 11.0. The molecule has 2 aromatic heterocycles. The molecule has 2 aromatic rings. The number of aliphatic carboxylic acids is 1. The lowest BCUT2D eigenvalue weighted by Gasteiger charge is -2.13. The largest absolute Gasteiger partial charge is 0.481 e. The van der Waals surface area contributed by atoms with Crippen molar-refractivity contribution in [1.29, 1.82) is 0 Å². The van der Waals surface area contributed by atoms with Gasteiger partial charge in [0.25, 0.3) is 0 Å². The smallest absolute Gasteiger partial charge is 0.306 e. The fourth-order valence-electron chi connectivity index (χ4n) is 2.12. The van der Waals surface area contributed by atoms with Crippen molar-refractivity contribution in [1.82, 2.24) is 19.5 Å². The highest BCUT2D eigenvalue weighted by molar-refractivity contribution is 5.70. The number of hydrogen-bond acceptors (Lipinski definition) is 4. The van der Waals surface area contributed by atoms with Gasteiger partial charge in [-0.3, -0.25) is 4.79 Å². The average Bonchev–Trinajstić information content (AvgIpc) is 2.79. The number of aryl methyl sites for hydroxylation is 3. The molecular weight excluding hydrogens is 256 g/mol. The lowest BCUT2D eigenvalue weighted by molar-refractivity contribution is -0.141. The van der Waals surface area contributed by atoms with Gasteiger partial charge in [0, 0.05) is 18.4 Å². The Labute approximate surface area is 117 Å². The molecule has 0 radical (unpaired) electrons. The van der Waals surface area contributed by atoms with Crippen LogP contribution in [0, 0.1) is 19.8 Å². The summed E-state index contributed by atoms with van der Waals surface area (Å²) >= 11 is 0. The predicted molar refractivity (Wildman–Crippen MR) is 74.2 cm³/mol. The first kappa shape index (κ1) is 14.2. The van der Waals surface area contributed by atoms with Gasteiger partial charge in [-0.2, -0.15) is 0 Å². The van der Waals surface area contributed by atoms with Gasteiger partial charge < -0.3 is 9.67 Å². The second-order valence-corrected chi connectivity index (χ2v) is 5.03. The van der Waals surface area contributed by atoms with Gasteiger partial charge in [-0.05, 0) is 25.8 Å². The summed E-state index contributed by atoms with van der Waals surface area (Å²) in [7, 11) is 1.89. The maximum Gasteiger partial charge on any atom is 0.306 e. The molecular formula is C14H18N4O2. The topological polar surface area (TPSA) is 80.9 Å². The highest BCUT2D eigenvalue weighted by Gasteiger charge is 2.17. The third-order valence-electron chi connectivity index (χ3n) is 3.40. The van der Waals surface area contributed by atoms with Crippen molar-refractivity contribution in [3.05, 3.63) is 29.5 Å². The summed E-state index contributed by atoms with van der Waals surface area (Å²) in [6.07, 6.45) is 3.86. The Bertz CT molecular complexity index is 625. The second-order valence-electron chi connectivity index (χ2n) is 5.03.